The predicted molar refractivity (Wildman–Crippen MR) is 230 cm³/mol. The fourth-order valence-corrected chi connectivity index (χ4v) is 15.8. The first kappa shape index (κ1) is 30.4. The first-order valence-electron chi connectivity index (χ1n) is 22.3. The number of fused-ring (bicyclic) bond motifs is 11. The van der Waals surface area contributed by atoms with Crippen molar-refractivity contribution in [1.82, 2.24) is 9.38 Å². The Labute approximate surface area is 328 Å². The van der Waals surface area contributed by atoms with Crippen LogP contribution in [0, 0.1) is 23.7 Å². The number of hydrogen-bond acceptors (Lipinski definition) is 1. The maximum atomic E-state index is 5.55. The second kappa shape index (κ2) is 10.1. The van der Waals surface area contributed by atoms with Crippen LogP contribution >= 0.6 is 0 Å². The van der Waals surface area contributed by atoms with Crippen LogP contribution in [0.25, 0.3) is 71.1 Å². The summed E-state index contributed by atoms with van der Waals surface area (Å²) in [6, 6.07) is 31.6. The fraction of sp³-hybridized carbons (Fsp3) is 0.389. The zero-order chi connectivity index (χ0) is 36.3. The summed E-state index contributed by atoms with van der Waals surface area (Å²) < 4.78 is 2.72. The first-order chi connectivity index (χ1) is 27.5. The van der Waals surface area contributed by atoms with Crippen molar-refractivity contribution in [2.45, 2.75) is 107 Å². The van der Waals surface area contributed by atoms with E-state index in [4.69, 9.17) is 4.98 Å². The summed E-state index contributed by atoms with van der Waals surface area (Å²) in [4.78, 5) is 5.55. The highest BCUT2D eigenvalue weighted by Gasteiger charge is 2.46. The van der Waals surface area contributed by atoms with Crippen LogP contribution < -0.4 is 0 Å². The van der Waals surface area contributed by atoms with E-state index in [0.717, 1.165) is 29.6 Å². The van der Waals surface area contributed by atoms with Crippen molar-refractivity contribution < 1.29 is 0 Å². The molecule has 5 aromatic carbocycles. The average molecular weight is 725 g/mol. The largest absolute Gasteiger partial charge is 0.306 e. The van der Waals surface area contributed by atoms with Gasteiger partial charge in [0.2, 0.25) is 0 Å². The van der Waals surface area contributed by atoms with Crippen molar-refractivity contribution in [3.05, 3.63) is 119 Å². The molecule has 274 valence electrons. The van der Waals surface area contributed by atoms with Gasteiger partial charge in [-0.25, -0.2) is 0 Å². The Morgan fingerprint density at radius 1 is 0.536 bits per heavy atom. The van der Waals surface area contributed by atoms with Gasteiger partial charge in [0, 0.05) is 38.6 Å². The van der Waals surface area contributed by atoms with Crippen molar-refractivity contribution in [2.24, 2.45) is 23.7 Å². The van der Waals surface area contributed by atoms with Gasteiger partial charge in [-0.3, -0.25) is 4.98 Å². The molecule has 3 heterocycles. The number of rotatable bonds is 1. The molecular weight excluding hydrogens is 677 g/mol. The van der Waals surface area contributed by atoms with Gasteiger partial charge in [0.15, 0.2) is 0 Å². The zero-order valence-corrected chi connectivity index (χ0v) is 32.7. The fourth-order valence-electron chi connectivity index (χ4n) is 15.8. The van der Waals surface area contributed by atoms with E-state index in [0.29, 0.717) is 17.8 Å². The molecule has 0 N–H and O–H groups in total. The van der Waals surface area contributed by atoms with Crippen LogP contribution in [-0.4, -0.2) is 9.38 Å². The lowest BCUT2D eigenvalue weighted by molar-refractivity contribution is 0.165. The summed E-state index contributed by atoms with van der Waals surface area (Å²) in [5.74, 6) is 6.25. The van der Waals surface area contributed by atoms with Gasteiger partial charge in [0.25, 0.3) is 0 Å². The molecule has 2 heteroatoms. The van der Waals surface area contributed by atoms with Gasteiger partial charge in [-0.15, -0.1) is 0 Å². The minimum Gasteiger partial charge on any atom is -0.306 e. The summed E-state index contributed by atoms with van der Waals surface area (Å²) in [7, 11) is 0. The molecule has 8 aromatic rings. The Bertz CT molecular complexity index is 2930. The lowest BCUT2D eigenvalue weighted by Crippen LogP contribution is -2.25. The Balaban J connectivity index is 1.10. The third kappa shape index (κ3) is 3.58. The minimum atomic E-state index is -0.0643. The molecule has 0 radical (unpaired) electrons. The molecule has 9 aliphatic carbocycles. The molecule has 9 aliphatic rings. The smallest absolute Gasteiger partial charge is 0.0728 e. The summed E-state index contributed by atoms with van der Waals surface area (Å²) in [6.45, 7) is 4.90. The second-order valence-corrected chi connectivity index (χ2v) is 20.7. The van der Waals surface area contributed by atoms with Crippen molar-refractivity contribution in [1.29, 1.82) is 0 Å². The number of hydrogen-bond donors (Lipinski definition) is 0. The van der Waals surface area contributed by atoms with Gasteiger partial charge < -0.3 is 4.40 Å². The maximum absolute atomic E-state index is 5.55. The van der Waals surface area contributed by atoms with Crippen LogP contribution in [0.4, 0.5) is 0 Å². The van der Waals surface area contributed by atoms with E-state index < -0.39 is 0 Å². The third-order valence-electron chi connectivity index (χ3n) is 17.6. The summed E-state index contributed by atoms with van der Waals surface area (Å²) in [5, 5.41) is 8.89. The Hall–Kier alpha value is -4.69. The van der Waals surface area contributed by atoms with Gasteiger partial charge in [-0.05, 0) is 191 Å². The summed E-state index contributed by atoms with van der Waals surface area (Å²) in [6.07, 6.45) is 16.3. The molecule has 3 aromatic heterocycles. The summed E-state index contributed by atoms with van der Waals surface area (Å²) in [5.41, 5.74) is 19.3. The maximum Gasteiger partial charge on any atom is 0.0728 e. The molecule has 4 saturated carbocycles. The summed E-state index contributed by atoms with van der Waals surface area (Å²) >= 11 is 0. The van der Waals surface area contributed by atoms with Gasteiger partial charge >= 0.3 is 0 Å². The van der Waals surface area contributed by atoms with Gasteiger partial charge in [0.05, 0.1) is 22.7 Å². The predicted octanol–water partition coefficient (Wildman–Crippen LogP) is 14.1. The monoisotopic (exact) mass is 724 g/mol. The quantitative estimate of drug-likeness (QED) is 0.165. The van der Waals surface area contributed by atoms with Crippen LogP contribution in [0.5, 0.6) is 0 Å². The van der Waals surface area contributed by atoms with Gasteiger partial charge in [-0.1, -0.05) is 68.4 Å². The van der Waals surface area contributed by atoms with E-state index in [9.17, 15) is 0 Å². The second-order valence-electron chi connectivity index (χ2n) is 20.7. The van der Waals surface area contributed by atoms with Crippen molar-refractivity contribution in [3.8, 4) is 22.3 Å². The molecule has 0 aliphatic heterocycles. The molecule has 17 rings (SSSR count). The first-order valence-corrected chi connectivity index (χ1v) is 22.3. The normalized spacial score (nSPS) is 30.1. The molecule has 0 spiro atoms. The van der Waals surface area contributed by atoms with Crippen molar-refractivity contribution >= 4 is 48.9 Å². The van der Waals surface area contributed by atoms with E-state index >= 15 is 0 Å². The Morgan fingerprint density at radius 3 is 1.91 bits per heavy atom. The molecular formula is C54H48N2. The lowest BCUT2D eigenvalue weighted by atomic mass is 9.67. The highest BCUT2D eigenvalue weighted by Crippen LogP contribution is 2.61. The highest BCUT2D eigenvalue weighted by molar-refractivity contribution is 6.26. The Kier molecular flexibility index (Phi) is 5.47. The molecule has 8 bridgehead atoms. The van der Waals surface area contributed by atoms with Crippen molar-refractivity contribution in [2.75, 3.05) is 0 Å². The van der Waals surface area contributed by atoms with Crippen LogP contribution in [-0.2, 0) is 5.41 Å². The van der Waals surface area contributed by atoms with E-state index in [1.54, 1.807) is 27.5 Å². The van der Waals surface area contributed by atoms with E-state index in [1.165, 1.54) is 141 Å². The van der Waals surface area contributed by atoms with Crippen LogP contribution in [0.15, 0.2) is 85.1 Å². The minimum absolute atomic E-state index is 0.0643. The molecule has 0 amide bonds. The lowest BCUT2D eigenvalue weighted by Gasteiger charge is -2.38. The molecule has 0 saturated heterocycles. The van der Waals surface area contributed by atoms with Gasteiger partial charge in [-0.2, -0.15) is 0 Å². The number of pyridine rings is 1. The zero-order valence-electron chi connectivity index (χ0n) is 32.7. The molecule has 2 nitrogen and oxygen atoms in total. The Morgan fingerprint density at radius 2 is 1.16 bits per heavy atom. The van der Waals surface area contributed by atoms with Gasteiger partial charge in [0.1, 0.15) is 0 Å². The molecule has 4 fully saturated rings. The van der Waals surface area contributed by atoms with Crippen LogP contribution in [0.2, 0.25) is 0 Å². The molecule has 4 unspecified atom stereocenters. The van der Waals surface area contributed by atoms with Crippen molar-refractivity contribution in [3.63, 3.8) is 0 Å². The topological polar surface area (TPSA) is 17.3 Å². The highest BCUT2D eigenvalue weighted by atomic mass is 14.9. The van der Waals surface area contributed by atoms with Crippen LogP contribution in [0.3, 0.4) is 0 Å². The van der Waals surface area contributed by atoms with E-state index in [-0.39, 0.29) is 5.41 Å². The van der Waals surface area contributed by atoms with E-state index in [2.05, 4.69) is 103 Å². The van der Waals surface area contributed by atoms with Crippen LogP contribution in [0.1, 0.15) is 135 Å². The number of benzene rings is 5. The molecule has 4 atom stereocenters. The molecule has 56 heavy (non-hydrogen) atoms. The van der Waals surface area contributed by atoms with E-state index in [1.807, 2.05) is 0 Å². The third-order valence-corrected chi connectivity index (χ3v) is 17.6. The number of nitrogens with zero attached hydrogens (tertiary/aromatic N) is 2. The standard InChI is InChI=1S/C54H48N2/c1-54(2)43-10-6-5-9-39(43)49-38-8-4-3-7-37(38)40(25-44(49)54)32-23-41-50-45(12-11-36-31-15-27-13-28(16-31)18-33(17-27)47(36)50)56-46-26-55-52-35-21-29-14-30(22-35)20-34(19-29)48(52)51(46)42(24-32)53(41)56/h3-12,23-31,33-35H,13-22H2,1-2H3. The SMILES string of the molecule is CC1(C)c2ccccc2-c2c1cc(-c1cc3c4c5c(ccc4n4c6cnc7c(c6c(c1)c34)C1CC3CC(CC7C3)C1)C1CC3CC(C1)CC5C3)c1ccccc21. The number of aromatic nitrogens is 2. The average Bonchev–Trinajstić information content (AvgIpc) is 3.69.